The SMILES string of the molecule is COCP(=O)(N[C@@H](C)C(=O)OC(C)C)Oc1ccc2ccccc2c1C=O. The summed E-state index contributed by atoms with van der Waals surface area (Å²) in [6.07, 6.45) is 0.0783. The zero-order chi connectivity index (χ0) is 20.0. The van der Waals surface area contributed by atoms with Gasteiger partial charge in [0.15, 0.2) is 6.29 Å². The third-order valence-corrected chi connectivity index (χ3v) is 5.56. The second-order valence-electron chi connectivity index (χ2n) is 6.34. The molecule has 1 N–H and O–H groups in total. The summed E-state index contributed by atoms with van der Waals surface area (Å²) < 4.78 is 29.0. The largest absolute Gasteiger partial charge is 0.462 e. The Morgan fingerprint density at radius 2 is 1.89 bits per heavy atom. The number of carbonyl (C=O) groups excluding carboxylic acids is 2. The van der Waals surface area contributed by atoms with Crippen LogP contribution in [-0.4, -0.2) is 37.9 Å². The van der Waals surface area contributed by atoms with Gasteiger partial charge < -0.3 is 14.0 Å². The number of hydrogen-bond donors (Lipinski definition) is 1. The summed E-state index contributed by atoms with van der Waals surface area (Å²) in [7, 11) is -2.27. The van der Waals surface area contributed by atoms with Crippen molar-refractivity contribution in [1.29, 1.82) is 0 Å². The van der Waals surface area contributed by atoms with Gasteiger partial charge in [0.2, 0.25) is 0 Å². The van der Waals surface area contributed by atoms with Crippen LogP contribution < -0.4 is 9.61 Å². The molecule has 0 bridgehead atoms. The van der Waals surface area contributed by atoms with Gasteiger partial charge in [-0.15, -0.1) is 0 Å². The quantitative estimate of drug-likeness (QED) is 0.394. The van der Waals surface area contributed by atoms with Crippen molar-refractivity contribution in [2.75, 3.05) is 13.5 Å². The van der Waals surface area contributed by atoms with Crippen molar-refractivity contribution in [1.82, 2.24) is 5.09 Å². The molecule has 2 aromatic carbocycles. The predicted octanol–water partition coefficient (Wildman–Crippen LogP) is 3.76. The fourth-order valence-electron chi connectivity index (χ4n) is 2.58. The van der Waals surface area contributed by atoms with E-state index >= 15 is 0 Å². The summed E-state index contributed by atoms with van der Waals surface area (Å²) >= 11 is 0. The highest BCUT2D eigenvalue weighted by Gasteiger charge is 2.31. The molecule has 0 saturated heterocycles. The fraction of sp³-hybridized carbons (Fsp3) is 0.368. The van der Waals surface area contributed by atoms with Gasteiger partial charge in [0.05, 0.1) is 11.7 Å². The van der Waals surface area contributed by atoms with E-state index in [1.54, 1.807) is 38.1 Å². The maximum Gasteiger partial charge on any atom is 0.342 e. The molecule has 8 heteroatoms. The monoisotopic (exact) mass is 393 g/mol. The van der Waals surface area contributed by atoms with Gasteiger partial charge in [-0.05, 0) is 37.6 Å². The number of hydrogen-bond acceptors (Lipinski definition) is 6. The summed E-state index contributed by atoms with van der Waals surface area (Å²) in [6.45, 7) is 4.97. The minimum absolute atomic E-state index is 0.154. The highest BCUT2D eigenvalue weighted by Crippen LogP contribution is 2.45. The molecule has 0 aliphatic rings. The first-order valence-electron chi connectivity index (χ1n) is 8.52. The van der Waals surface area contributed by atoms with Crippen molar-refractivity contribution in [3.63, 3.8) is 0 Å². The molecule has 0 saturated carbocycles. The number of methoxy groups -OCH3 is 1. The Balaban J connectivity index is 2.32. The van der Waals surface area contributed by atoms with E-state index in [0.29, 0.717) is 11.7 Å². The van der Waals surface area contributed by atoms with Crippen molar-refractivity contribution in [3.8, 4) is 5.75 Å². The van der Waals surface area contributed by atoms with Gasteiger partial charge in [-0.25, -0.2) is 5.09 Å². The molecule has 2 atom stereocenters. The van der Waals surface area contributed by atoms with Gasteiger partial charge in [0, 0.05) is 7.11 Å². The Morgan fingerprint density at radius 1 is 1.19 bits per heavy atom. The van der Waals surface area contributed by atoms with Gasteiger partial charge >= 0.3 is 13.5 Å². The third-order valence-electron chi connectivity index (χ3n) is 3.69. The molecule has 0 spiro atoms. The molecule has 1 unspecified atom stereocenters. The van der Waals surface area contributed by atoms with E-state index in [9.17, 15) is 14.2 Å². The lowest BCUT2D eigenvalue weighted by atomic mass is 10.0. The lowest BCUT2D eigenvalue weighted by Crippen LogP contribution is -2.36. The van der Waals surface area contributed by atoms with Crippen molar-refractivity contribution < 1.29 is 28.2 Å². The number of nitrogens with one attached hydrogen (secondary N) is 1. The fourth-order valence-corrected chi connectivity index (χ4v) is 4.27. The molecule has 7 nitrogen and oxygen atoms in total. The molecule has 0 aliphatic carbocycles. The first-order valence-corrected chi connectivity index (χ1v) is 10.3. The molecule has 2 rings (SSSR count). The zero-order valence-corrected chi connectivity index (χ0v) is 16.7. The molecule has 0 radical (unpaired) electrons. The van der Waals surface area contributed by atoms with E-state index in [2.05, 4.69) is 5.09 Å². The second kappa shape index (κ2) is 9.13. The smallest absolute Gasteiger partial charge is 0.342 e. The molecule has 27 heavy (non-hydrogen) atoms. The van der Waals surface area contributed by atoms with Gasteiger partial charge in [0.25, 0.3) is 0 Å². The van der Waals surface area contributed by atoms with Crippen LogP contribution in [0.5, 0.6) is 5.75 Å². The van der Waals surface area contributed by atoms with Crippen LogP contribution in [0.25, 0.3) is 10.8 Å². The number of aldehydes is 1. The molecule has 146 valence electrons. The minimum atomic E-state index is -3.64. The maximum atomic E-state index is 13.2. The van der Waals surface area contributed by atoms with E-state index in [1.807, 2.05) is 12.1 Å². The first kappa shape index (κ1) is 21.1. The Morgan fingerprint density at radius 3 is 2.52 bits per heavy atom. The van der Waals surface area contributed by atoms with E-state index < -0.39 is 19.5 Å². The topological polar surface area (TPSA) is 90.9 Å². The van der Waals surface area contributed by atoms with E-state index in [4.69, 9.17) is 14.0 Å². The van der Waals surface area contributed by atoms with Crippen LogP contribution in [0.1, 0.15) is 31.1 Å². The summed E-state index contributed by atoms with van der Waals surface area (Å²) in [5, 5.41) is 4.20. The number of rotatable bonds is 9. The highest BCUT2D eigenvalue weighted by molar-refractivity contribution is 7.57. The second-order valence-corrected chi connectivity index (χ2v) is 8.38. The lowest BCUT2D eigenvalue weighted by Gasteiger charge is -2.24. The van der Waals surface area contributed by atoms with Gasteiger partial charge in [-0.2, -0.15) is 0 Å². The summed E-state index contributed by atoms with van der Waals surface area (Å²) in [4.78, 5) is 23.7. The normalized spacial score (nSPS) is 14.6. The Kier molecular flexibility index (Phi) is 7.13. The number of ether oxygens (including phenoxy) is 2. The zero-order valence-electron chi connectivity index (χ0n) is 15.8. The van der Waals surface area contributed by atoms with Crippen LogP contribution in [-0.2, 0) is 18.8 Å². The predicted molar refractivity (Wildman–Crippen MR) is 103 cm³/mol. The van der Waals surface area contributed by atoms with Crippen LogP contribution in [0.3, 0.4) is 0 Å². The number of carbonyl (C=O) groups is 2. The molecule has 0 amide bonds. The molecule has 0 aliphatic heterocycles. The lowest BCUT2D eigenvalue weighted by molar-refractivity contribution is -0.149. The average Bonchev–Trinajstić information content (AvgIpc) is 2.60. The molecule has 0 aromatic heterocycles. The third kappa shape index (κ3) is 5.39. The first-order chi connectivity index (χ1) is 12.8. The van der Waals surface area contributed by atoms with E-state index in [0.717, 1.165) is 5.39 Å². The van der Waals surface area contributed by atoms with Gasteiger partial charge in [0.1, 0.15) is 18.1 Å². The van der Waals surface area contributed by atoms with Crippen LogP contribution in [0.4, 0.5) is 0 Å². The van der Waals surface area contributed by atoms with Crippen molar-refractivity contribution in [3.05, 3.63) is 42.0 Å². The molecule has 2 aromatic rings. The van der Waals surface area contributed by atoms with E-state index in [-0.39, 0.29) is 23.8 Å². The molecule has 0 fully saturated rings. The standard InChI is InChI=1S/C19H24NO6P/c1-13(2)25-19(22)14(3)20-27(23,12-24-4)26-18-10-9-15-7-5-6-8-16(15)17(18)11-21/h5-11,13-14H,12H2,1-4H3,(H,20,23)/t14-,27?/m0/s1. The number of fused-ring (bicyclic) bond motifs is 1. The van der Waals surface area contributed by atoms with Gasteiger partial charge in [-0.3, -0.25) is 14.2 Å². The van der Waals surface area contributed by atoms with Crippen molar-refractivity contribution >= 4 is 30.5 Å². The molecular formula is C19H24NO6P. The van der Waals surface area contributed by atoms with E-state index in [1.165, 1.54) is 14.0 Å². The van der Waals surface area contributed by atoms with Crippen LogP contribution in [0.2, 0.25) is 0 Å². The Labute approximate surface area is 158 Å². The van der Waals surface area contributed by atoms with Crippen molar-refractivity contribution in [2.45, 2.75) is 32.9 Å². The number of benzene rings is 2. The summed E-state index contributed by atoms with van der Waals surface area (Å²) in [5.41, 5.74) is 0.281. The highest BCUT2D eigenvalue weighted by atomic mass is 31.2. The van der Waals surface area contributed by atoms with Crippen LogP contribution >= 0.6 is 7.52 Å². The Hall–Kier alpha value is -2.21. The average molecular weight is 393 g/mol. The molecular weight excluding hydrogens is 369 g/mol. The van der Waals surface area contributed by atoms with Gasteiger partial charge in [-0.1, -0.05) is 30.3 Å². The Bertz CT molecular complexity index is 866. The maximum absolute atomic E-state index is 13.2. The van der Waals surface area contributed by atoms with Crippen molar-refractivity contribution in [2.24, 2.45) is 0 Å². The van der Waals surface area contributed by atoms with Crippen LogP contribution in [0.15, 0.2) is 36.4 Å². The minimum Gasteiger partial charge on any atom is -0.462 e. The van der Waals surface area contributed by atoms with Crippen LogP contribution in [0, 0.1) is 0 Å². The number of esters is 1. The summed E-state index contributed by atoms with van der Waals surface area (Å²) in [5.74, 6) is -0.403. The molecule has 0 heterocycles. The summed E-state index contributed by atoms with van der Waals surface area (Å²) in [6, 6.07) is 9.77.